The maximum absolute atomic E-state index is 13.5. The second-order valence-electron chi connectivity index (χ2n) is 7.17. The zero-order valence-corrected chi connectivity index (χ0v) is 16.2. The number of fused-ring (bicyclic) bond motifs is 1. The van der Waals surface area contributed by atoms with Crippen LogP contribution >= 0.6 is 0 Å². The van der Waals surface area contributed by atoms with Gasteiger partial charge < -0.3 is 19.2 Å². The van der Waals surface area contributed by atoms with Gasteiger partial charge in [0, 0.05) is 42.0 Å². The Morgan fingerprint density at radius 1 is 1.10 bits per heavy atom. The molecular weight excluding hydrogens is 385 g/mol. The number of amides is 1. The number of H-pyrrole nitrogens is 1. The topological polar surface area (TPSA) is 76.0 Å². The fraction of sp³-hybridized carbons (Fsp3) is 0.227. The molecule has 7 nitrogen and oxygen atoms in total. The first-order valence-electron chi connectivity index (χ1n) is 9.80. The van der Waals surface area contributed by atoms with Crippen LogP contribution in [0.25, 0.3) is 33.5 Å². The molecule has 5 rings (SSSR count). The van der Waals surface area contributed by atoms with Crippen LogP contribution in [0.3, 0.4) is 0 Å². The Hall–Kier alpha value is -3.52. The minimum atomic E-state index is -0.306. The molecule has 0 bridgehead atoms. The smallest absolute Gasteiger partial charge is 0.242 e. The molecular formula is C22H20FN5O2. The molecule has 1 saturated heterocycles. The van der Waals surface area contributed by atoms with Crippen molar-refractivity contribution >= 4 is 16.9 Å². The number of carbonyl (C=O) groups excluding carboxylic acids is 1. The predicted molar refractivity (Wildman–Crippen MR) is 110 cm³/mol. The number of morpholine rings is 1. The molecule has 1 fully saturated rings. The Labute approximate surface area is 172 Å². The van der Waals surface area contributed by atoms with Crippen LogP contribution in [0.1, 0.15) is 0 Å². The number of aromatic amines is 1. The zero-order valence-electron chi connectivity index (χ0n) is 16.2. The van der Waals surface area contributed by atoms with Gasteiger partial charge in [0.05, 0.1) is 30.9 Å². The number of pyridine rings is 1. The summed E-state index contributed by atoms with van der Waals surface area (Å²) in [6.45, 7) is 2.45. The van der Waals surface area contributed by atoms with Crippen LogP contribution in [0.4, 0.5) is 4.39 Å². The fourth-order valence-electron chi connectivity index (χ4n) is 3.83. The number of benzene rings is 1. The van der Waals surface area contributed by atoms with Crippen molar-refractivity contribution in [1.29, 1.82) is 0 Å². The number of aromatic nitrogens is 4. The molecule has 8 heteroatoms. The van der Waals surface area contributed by atoms with Gasteiger partial charge in [-0.2, -0.15) is 0 Å². The summed E-state index contributed by atoms with van der Waals surface area (Å²) in [6.07, 6.45) is 5.23. The second kappa shape index (κ2) is 7.72. The van der Waals surface area contributed by atoms with E-state index < -0.39 is 0 Å². The van der Waals surface area contributed by atoms with E-state index in [2.05, 4.69) is 15.0 Å². The third kappa shape index (κ3) is 3.35. The summed E-state index contributed by atoms with van der Waals surface area (Å²) in [5.41, 5.74) is 3.94. The van der Waals surface area contributed by atoms with Crippen LogP contribution < -0.4 is 0 Å². The third-order valence-electron chi connectivity index (χ3n) is 5.34. The van der Waals surface area contributed by atoms with E-state index >= 15 is 0 Å². The van der Waals surface area contributed by atoms with Crippen molar-refractivity contribution < 1.29 is 13.9 Å². The second-order valence-corrected chi connectivity index (χ2v) is 7.17. The fourth-order valence-corrected chi connectivity index (χ4v) is 3.83. The summed E-state index contributed by atoms with van der Waals surface area (Å²) in [7, 11) is 0. The number of halogens is 1. The molecule has 1 aliphatic heterocycles. The van der Waals surface area contributed by atoms with E-state index in [1.54, 1.807) is 24.7 Å². The highest BCUT2D eigenvalue weighted by atomic mass is 19.1. The van der Waals surface area contributed by atoms with E-state index in [1.165, 1.54) is 12.1 Å². The standard InChI is InChI=1S/C22H20FN5O2/c23-16-3-1-15(2-4-16)20-21(17-5-7-24-22-18(17)6-8-25-22)28(14-26-20)13-19(29)27-9-11-30-12-10-27/h1-8,14H,9-13H2,(H,24,25). The van der Waals surface area contributed by atoms with E-state index in [0.29, 0.717) is 32.0 Å². The van der Waals surface area contributed by atoms with Crippen molar-refractivity contribution in [2.45, 2.75) is 6.54 Å². The lowest BCUT2D eigenvalue weighted by Crippen LogP contribution is -2.42. The highest BCUT2D eigenvalue weighted by molar-refractivity contribution is 5.96. The number of rotatable bonds is 4. The van der Waals surface area contributed by atoms with Gasteiger partial charge in [0.15, 0.2) is 0 Å². The Bertz CT molecular complexity index is 1190. The number of ether oxygens (including phenoxy) is 1. The van der Waals surface area contributed by atoms with Gasteiger partial charge in [-0.25, -0.2) is 14.4 Å². The number of imidazole rings is 1. The average molecular weight is 405 g/mol. The molecule has 3 aromatic heterocycles. The Kier molecular flexibility index (Phi) is 4.76. The van der Waals surface area contributed by atoms with Crippen molar-refractivity contribution in [3.05, 3.63) is 60.9 Å². The van der Waals surface area contributed by atoms with E-state index in [9.17, 15) is 9.18 Å². The Balaban J connectivity index is 1.61. The van der Waals surface area contributed by atoms with Crippen molar-refractivity contribution in [3.63, 3.8) is 0 Å². The average Bonchev–Trinajstić information content (AvgIpc) is 3.42. The molecule has 0 unspecified atom stereocenters. The van der Waals surface area contributed by atoms with Gasteiger partial charge >= 0.3 is 0 Å². The summed E-state index contributed by atoms with van der Waals surface area (Å²) in [5.74, 6) is -0.291. The molecule has 0 spiro atoms. The van der Waals surface area contributed by atoms with Gasteiger partial charge in [-0.15, -0.1) is 0 Å². The van der Waals surface area contributed by atoms with E-state index in [1.807, 2.05) is 27.8 Å². The molecule has 152 valence electrons. The predicted octanol–water partition coefficient (Wildman–Crippen LogP) is 3.09. The molecule has 4 heterocycles. The molecule has 1 aliphatic rings. The van der Waals surface area contributed by atoms with Crippen LogP contribution in [0.5, 0.6) is 0 Å². The van der Waals surface area contributed by atoms with Gasteiger partial charge in [-0.1, -0.05) is 0 Å². The first-order valence-corrected chi connectivity index (χ1v) is 9.80. The first-order chi connectivity index (χ1) is 14.7. The maximum atomic E-state index is 13.5. The lowest BCUT2D eigenvalue weighted by atomic mass is 10.0. The lowest BCUT2D eigenvalue weighted by molar-refractivity contribution is -0.135. The molecule has 0 atom stereocenters. The minimum Gasteiger partial charge on any atom is -0.378 e. The number of carbonyl (C=O) groups is 1. The van der Waals surface area contributed by atoms with Gasteiger partial charge in [0.1, 0.15) is 18.0 Å². The van der Waals surface area contributed by atoms with Crippen LogP contribution in [0, 0.1) is 5.82 Å². The van der Waals surface area contributed by atoms with Crippen LogP contribution in [-0.2, 0) is 16.1 Å². The van der Waals surface area contributed by atoms with Crippen molar-refractivity contribution in [2.24, 2.45) is 0 Å². The van der Waals surface area contributed by atoms with Crippen LogP contribution in [0.15, 0.2) is 55.1 Å². The van der Waals surface area contributed by atoms with Gasteiger partial charge in [-0.3, -0.25) is 4.79 Å². The Morgan fingerprint density at radius 3 is 2.70 bits per heavy atom. The number of nitrogens with one attached hydrogen (secondary N) is 1. The van der Waals surface area contributed by atoms with E-state index in [0.717, 1.165) is 27.9 Å². The maximum Gasteiger partial charge on any atom is 0.242 e. The first kappa shape index (κ1) is 18.5. The lowest BCUT2D eigenvalue weighted by Gasteiger charge is -2.27. The van der Waals surface area contributed by atoms with Gasteiger partial charge in [-0.05, 0) is 36.4 Å². The summed E-state index contributed by atoms with van der Waals surface area (Å²) in [6, 6.07) is 10.1. The number of hydrogen-bond acceptors (Lipinski definition) is 4. The molecule has 0 aliphatic carbocycles. The molecule has 4 aromatic rings. The molecule has 0 radical (unpaired) electrons. The minimum absolute atomic E-state index is 0.0157. The van der Waals surface area contributed by atoms with Crippen molar-refractivity contribution in [2.75, 3.05) is 26.3 Å². The van der Waals surface area contributed by atoms with E-state index in [4.69, 9.17) is 4.74 Å². The van der Waals surface area contributed by atoms with Crippen molar-refractivity contribution in [3.8, 4) is 22.5 Å². The quantitative estimate of drug-likeness (QED) is 0.566. The summed E-state index contributed by atoms with van der Waals surface area (Å²) in [4.78, 5) is 26.8. The zero-order chi connectivity index (χ0) is 20.5. The monoisotopic (exact) mass is 405 g/mol. The molecule has 1 aromatic carbocycles. The molecule has 1 amide bonds. The molecule has 30 heavy (non-hydrogen) atoms. The highest BCUT2D eigenvalue weighted by Crippen LogP contribution is 2.35. The summed E-state index contributed by atoms with van der Waals surface area (Å²) in [5, 5.41) is 0.932. The van der Waals surface area contributed by atoms with Crippen LogP contribution in [-0.4, -0.2) is 56.6 Å². The van der Waals surface area contributed by atoms with E-state index in [-0.39, 0.29) is 18.3 Å². The largest absolute Gasteiger partial charge is 0.378 e. The normalized spacial score (nSPS) is 14.4. The molecule has 0 saturated carbocycles. The highest BCUT2D eigenvalue weighted by Gasteiger charge is 2.22. The SMILES string of the molecule is O=C(Cn1cnc(-c2ccc(F)cc2)c1-c1ccnc2[nH]ccc12)N1CCOCC1. The number of nitrogens with zero attached hydrogens (tertiary/aromatic N) is 4. The summed E-state index contributed by atoms with van der Waals surface area (Å²) < 4.78 is 20.7. The third-order valence-corrected chi connectivity index (χ3v) is 5.34. The molecule has 1 N–H and O–H groups in total. The summed E-state index contributed by atoms with van der Waals surface area (Å²) >= 11 is 0. The van der Waals surface area contributed by atoms with Crippen LogP contribution in [0.2, 0.25) is 0 Å². The Morgan fingerprint density at radius 2 is 1.90 bits per heavy atom. The van der Waals surface area contributed by atoms with Gasteiger partial charge in [0.2, 0.25) is 5.91 Å². The van der Waals surface area contributed by atoms with Crippen molar-refractivity contribution in [1.82, 2.24) is 24.4 Å². The van der Waals surface area contributed by atoms with Gasteiger partial charge in [0.25, 0.3) is 0 Å². The number of hydrogen-bond donors (Lipinski definition) is 1.